The third kappa shape index (κ3) is 5.10. The van der Waals surface area contributed by atoms with Crippen LogP contribution in [0.25, 0.3) is 0 Å². The zero-order valence-corrected chi connectivity index (χ0v) is 17.3. The van der Waals surface area contributed by atoms with Gasteiger partial charge in [0.25, 0.3) is 0 Å². The second-order valence-electron chi connectivity index (χ2n) is 5.91. The highest BCUT2D eigenvalue weighted by Crippen LogP contribution is 2.29. The van der Waals surface area contributed by atoms with Gasteiger partial charge in [-0.15, -0.1) is 0 Å². The van der Waals surface area contributed by atoms with Crippen LogP contribution in [-0.4, -0.2) is 24.4 Å². The second kappa shape index (κ2) is 9.36. The lowest BCUT2D eigenvalue weighted by molar-refractivity contribution is 0.0696. The molecule has 0 amide bonds. The summed E-state index contributed by atoms with van der Waals surface area (Å²) in [5.74, 6) is 0.201. The minimum absolute atomic E-state index is 0.232. The van der Waals surface area contributed by atoms with Gasteiger partial charge < -0.3 is 14.6 Å². The summed E-state index contributed by atoms with van der Waals surface area (Å²) in [4.78, 5) is 15.6. The average Bonchev–Trinajstić information content (AvgIpc) is 2.72. The maximum absolute atomic E-state index is 11.1. The smallest absolute Gasteiger partial charge is 0.335 e. The predicted octanol–water partition coefficient (Wildman–Crippen LogP) is 5.33. The molecular formula is C22H18INO4. The minimum atomic E-state index is -0.962. The average molecular weight is 487 g/mol. The van der Waals surface area contributed by atoms with Crippen LogP contribution in [0.2, 0.25) is 0 Å². The molecule has 6 heteroatoms. The number of carboxylic acids is 1. The third-order valence-corrected chi connectivity index (χ3v) is 4.87. The van der Waals surface area contributed by atoms with Gasteiger partial charge in [-0.25, -0.2) is 4.79 Å². The van der Waals surface area contributed by atoms with Crippen molar-refractivity contribution in [3.63, 3.8) is 0 Å². The Kier molecular flexibility index (Phi) is 6.65. The fraction of sp³-hybridized carbons (Fsp3) is 0.0909. The number of carboxylic acid groups (broad SMARTS) is 1. The molecule has 0 saturated carbocycles. The van der Waals surface area contributed by atoms with Crippen molar-refractivity contribution in [1.29, 1.82) is 0 Å². The molecule has 28 heavy (non-hydrogen) atoms. The van der Waals surface area contributed by atoms with Crippen molar-refractivity contribution in [3.8, 4) is 11.5 Å². The van der Waals surface area contributed by atoms with Crippen LogP contribution in [0.5, 0.6) is 11.5 Å². The van der Waals surface area contributed by atoms with Gasteiger partial charge in [0.15, 0.2) is 11.5 Å². The van der Waals surface area contributed by atoms with Crippen molar-refractivity contribution >= 4 is 40.5 Å². The fourth-order valence-electron chi connectivity index (χ4n) is 2.54. The number of nitrogens with zero attached hydrogens (tertiary/aromatic N) is 1. The van der Waals surface area contributed by atoms with E-state index in [4.69, 9.17) is 14.6 Å². The van der Waals surface area contributed by atoms with Crippen LogP contribution in [0.3, 0.4) is 0 Å². The molecule has 0 aliphatic carbocycles. The van der Waals surface area contributed by atoms with Gasteiger partial charge in [0.2, 0.25) is 0 Å². The van der Waals surface area contributed by atoms with Gasteiger partial charge >= 0.3 is 5.97 Å². The zero-order valence-electron chi connectivity index (χ0n) is 15.1. The first kappa shape index (κ1) is 19.9. The van der Waals surface area contributed by atoms with Crippen molar-refractivity contribution < 1.29 is 19.4 Å². The van der Waals surface area contributed by atoms with E-state index in [0.717, 1.165) is 20.4 Å². The molecule has 0 heterocycles. The zero-order chi connectivity index (χ0) is 19.9. The molecule has 0 saturated heterocycles. The molecule has 0 atom stereocenters. The van der Waals surface area contributed by atoms with Gasteiger partial charge in [0.05, 0.1) is 18.4 Å². The Labute approximate surface area is 176 Å². The number of hydrogen-bond donors (Lipinski definition) is 1. The topological polar surface area (TPSA) is 68.1 Å². The van der Waals surface area contributed by atoms with E-state index in [0.29, 0.717) is 11.5 Å². The molecular weight excluding hydrogens is 469 g/mol. The molecule has 3 aromatic rings. The molecule has 0 spiro atoms. The van der Waals surface area contributed by atoms with Crippen molar-refractivity contribution in [2.75, 3.05) is 7.11 Å². The molecule has 0 fully saturated rings. The lowest BCUT2D eigenvalue weighted by atomic mass is 10.1. The number of halogens is 1. The maximum Gasteiger partial charge on any atom is 0.335 e. The summed E-state index contributed by atoms with van der Waals surface area (Å²) in [5, 5.41) is 9.08. The van der Waals surface area contributed by atoms with E-state index in [1.165, 1.54) is 0 Å². The lowest BCUT2D eigenvalue weighted by Crippen LogP contribution is -2.01. The normalized spacial score (nSPS) is 10.8. The number of aliphatic imine (C=N–C) groups is 1. The first-order valence-corrected chi connectivity index (χ1v) is 9.56. The van der Waals surface area contributed by atoms with E-state index < -0.39 is 5.97 Å². The van der Waals surface area contributed by atoms with Crippen LogP contribution in [-0.2, 0) is 6.61 Å². The summed E-state index contributed by atoms with van der Waals surface area (Å²) in [5.41, 5.74) is 2.79. The third-order valence-electron chi connectivity index (χ3n) is 3.96. The van der Waals surface area contributed by atoms with E-state index >= 15 is 0 Å². The molecule has 3 rings (SSSR count). The molecule has 0 aliphatic rings. The highest BCUT2D eigenvalue weighted by Gasteiger charge is 2.08. The molecule has 0 radical (unpaired) electrons. The number of methoxy groups -OCH3 is 1. The standard InChI is InChI=1S/C22H18INO4/c1-27-21-12-15(13-24-19-8-3-2-7-18(19)23)9-10-20(21)28-14-16-5-4-6-17(11-16)22(25)26/h2-13H,14H2,1H3,(H,25,26). The van der Waals surface area contributed by atoms with Crippen LogP contribution >= 0.6 is 22.6 Å². The highest BCUT2D eigenvalue weighted by atomic mass is 127. The molecule has 0 aliphatic heterocycles. The highest BCUT2D eigenvalue weighted by molar-refractivity contribution is 14.1. The molecule has 0 aromatic heterocycles. The summed E-state index contributed by atoms with van der Waals surface area (Å²) in [7, 11) is 1.58. The van der Waals surface area contributed by atoms with Gasteiger partial charge in [-0.1, -0.05) is 24.3 Å². The second-order valence-corrected chi connectivity index (χ2v) is 7.08. The van der Waals surface area contributed by atoms with Crippen LogP contribution in [0.15, 0.2) is 71.7 Å². The number of benzene rings is 3. The van der Waals surface area contributed by atoms with Gasteiger partial charge in [-0.2, -0.15) is 0 Å². The van der Waals surface area contributed by atoms with Crippen LogP contribution in [0.1, 0.15) is 21.5 Å². The minimum Gasteiger partial charge on any atom is -0.493 e. The van der Waals surface area contributed by atoms with Crippen molar-refractivity contribution in [2.24, 2.45) is 4.99 Å². The van der Waals surface area contributed by atoms with E-state index in [2.05, 4.69) is 27.6 Å². The molecule has 142 valence electrons. The number of aromatic carboxylic acids is 1. The molecule has 5 nitrogen and oxygen atoms in total. The van der Waals surface area contributed by atoms with Crippen LogP contribution in [0.4, 0.5) is 5.69 Å². The Morgan fingerprint density at radius 2 is 1.89 bits per heavy atom. The SMILES string of the molecule is COc1cc(C=Nc2ccccc2I)ccc1OCc1cccc(C(=O)O)c1. The maximum atomic E-state index is 11.1. The Morgan fingerprint density at radius 3 is 2.64 bits per heavy atom. The fourth-order valence-corrected chi connectivity index (χ4v) is 3.07. The number of para-hydroxylation sites is 1. The lowest BCUT2D eigenvalue weighted by Gasteiger charge is -2.11. The number of hydrogen-bond acceptors (Lipinski definition) is 4. The Balaban J connectivity index is 1.74. The molecule has 0 unspecified atom stereocenters. The summed E-state index contributed by atoms with van der Waals surface area (Å²) in [6, 6.07) is 20.1. The van der Waals surface area contributed by atoms with Crippen molar-refractivity contribution in [3.05, 3.63) is 87.0 Å². The Morgan fingerprint density at radius 1 is 1.07 bits per heavy atom. The summed E-state index contributed by atoms with van der Waals surface area (Å²) >= 11 is 2.25. The van der Waals surface area contributed by atoms with Crippen LogP contribution in [0, 0.1) is 3.57 Å². The van der Waals surface area contributed by atoms with E-state index in [-0.39, 0.29) is 12.2 Å². The van der Waals surface area contributed by atoms with Crippen LogP contribution < -0.4 is 9.47 Å². The summed E-state index contributed by atoms with van der Waals surface area (Å²) in [6.07, 6.45) is 1.78. The number of ether oxygens (including phenoxy) is 2. The monoisotopic (exact) mass is 487 g/mol. The first-order valence-electron chi connectivity index (χ1n) is 8.48. The van der Waals surface area contributed by atoms with Crippen molar-refractivity contribution in [2.45, 2.75) is 6.61 Å². The summed E-state index contributed by atoms with van der Waals surface area (Å²) < 4.78 is 12.3. The Bertz CT molecular complexity index is 1020. The van der Waals surface area contributed by atoms with E-state index in [1.807, 2.05) is 48.5 Å². The molecule has 0 bridgehead atoms. The van der Waals surface area contributed by atoms with Gasteiger partial charge in [0, 0.05) is 9.78 Å². The van der Waals surface area contributed by atoms with E-state index in [1.54, 1.807) is 31.5 Å². The Hall–Kier alpha value is -2.87. The van der Waals surface area contributed by atoms with E-state index in [9.17, 15) is 4.79 Å². The number of rotatable bonds is 7. The quantitative estimate of drug-likeness (QED) is 0.362. The molecule has 3 aromatic carbocycles. The first-order chi connectivity index (χ1) is 13.6. The molecule has 1 N–H and O–H groups in total. The largest absolute Gasteiger partial charge is 0.493 e. The van der Waals surface area contributed by atoms with Gasteiger partial charge in [0.1, 0.15) is 6.61 Å². The predicted molar refractivity (Wildman–Crippen MR) is 117 cm³/mol. The number of carbonyl (C=O) groups is 1. The summed E-state index contributed by atoms with van der Waals surface area (Å²) in [6.45, 7) is 0.243. The van der Waals surface area contributed by atoms with Gasteiger partial charge in [-0.3, -0.25) is 4.99 Å². The van der Waals surface area contributed by atoms with Gasteiger partial charge in [-0.05, 0) is 76.2 Å². The van der Waals surface area contributed by atoms with Crippen molar-refractivity contribution in [1.82, 2.24) is 0 Å².